The molecule has 0 spiro atoms. The Morgan fingerprint density at radius 3 is 1.92 bits per heavy atom. The highest BCUT2D eigenvalue weighted by atomic mass is 16.5. The van der Waals surface area contributed by atoms with E-state index in [9.17, 15) is 0 Å². The van der Waals surface area contributed by atoms with Crippen molar-refractivity contribution in [1.82, 2.24) is 15.0 Å². The first kappa shape index (κ1) is 16.2. The highest BCUT2D eigenvalue weighted by molar-refractivity contribution is 5.69. The lowest BCUT2D eigenvalue weighted by Crippen LogP contribution is -2.40. The van der Waals surface area contributed by atoms with E-state index in [4.69, 9.17) is 30.2 Å². The van der Waals surface area contributed by atoms with Crippen LogP contribution < -0.4 is 15.5 Å². The lowest BCUT2D eigenvalue weighted by Gasteiger charge is -2.30. The van der Waals surface area contributed by atoms with Crippen LogP contribution in [0.5, 0.6) is 0 Å². The fourth-order valence-electron chi connectivity index (χ4n) is 3.05. The second kappa shape index (κ2) is 7.32. The molecule has 9 heteroatoms. The van der Waals surface area contributed by atoms with E-state index < -0.39 is 0 Å². The number of nitrogens with zero attached hydrogens (tertiary/aromatic N) is 6. The molecule has 9 nitrogen and oxygen atoms in total. The Balaban J connectivity index is 1.65. The normalized spacial score (nSPS) is 24.3. The Bertz CT molecular complexity index is 630. The van der Waals surface area contributed by atoms with E-state index in [1.54, 1.807) is 0 Å². The summed E-state index contributed by atoms with van der Waals surface area (Å²) in [5.74, 6) is 2.74. The van der Waals surface area contributed by atoms with Crippen LogP contribution in [-0.2, 0) is 9.47 Å². The Morgan fingerprint density at radius 2 is 1.44 bits per heavy atom. The van der Waals surface area contributed by atoms with Crippen molar-refractivity contribution >= 4 is 18.1 Å². The summed E-state index contributed by atoms with van der Waals surface area (Å²) in [4.78, 5) is 22.7. The molecule has 1 atom stereocenters. The monoisotopic (exact) mass is 345 g/mol. The molecule has 0 aliphatic carbocycles. The summed E-state index contributed by atoms with van der Waals surface area (Å²) >= 11 is 0. The Morgan fingerprint density at radius 1 is 0.880 bits per heavy atom. The van der Waals surface area contributed by atoms with Crippen molar-refractivity contribution in [3.05, 3.63) is 17.7 Å². The highest BCUT2D eigenvalue weighted by Gasteiger charge is 2.23. The van der Waals surface area contributed by atoms with Gasteiger partial charge in [0.25, 0.3) is 0 Å². The van der Waals surface area contributed by atoms with Gasteiger partial charge in [-0.25, -0.2) is 4.99 Å². The molecule has 3 aliphatic heterocycles. The molecule has 1 unspecified atom stereocenters. The summed E-state index contributed by atoms with van der Waals surface area (Å²) in [6.45, 7) is 5.93. The van der Waals surface area contributed by atoms with Gasteiger partial charge in [0.2, 0.25) is 11.9 Å². The third kappa shape index (κ3) is 3.72. The molecule has 134 valence electrons. The molecule has 0 amide bonds. The SMILES string of the molecule is NC1=CCC(c2nc(N3CCOCC3)nc(N3CCOCC3)n2)C=N1. The minimum Gasteiger partial charge on any atom is -0.384 e. The van der Waals surface area contributed by atoms with Crippen LogP contribution >= 0.6 is 0 Å². The first-order valence-corrected chi connectivity index (χ1v) is 8.71. The summed E-state index contributed by atoms with van der Waals surface area (Å²) < 4.78 is 10.9. The predicted molar refractivity (Wildman–Crippen MR) is 94.0 cm³/mol. The molecule has 4 heterocycles. The van der Waals surface area contributed by atoms with Crippen molar-refractivity contribution in [3.8, 4) is 0 Å². The number of rotatable bonds is 3. The van der Waals surface area contributed by atoms with Gasteiger partial charge < -0.3 is 25.0 Å². The smallest absolute Gasteiger partial charge is 0.230 e. The molecule has 0 aromatic carbocycles. The van der Waals surface area contributed by atoms with Crippen LogP contribution in [0.3, 0.4) is 0 Å². The molecule has 2 N–H and O–H groups in total. The van der Waals surface area contributed by atoms with Gasteiger partial charge in [0, 0.05) is 32.4 Å². The summed E-state index contributed by atoms with van der Waals surface area (Å²) in [5, 5.41) is 0. The maximum atomic E-state index is 5.73. The van der Waals surface area contributed by atoms with Crippen molar-refractivity contribution in [2.75, 3.05) is 62.4 Å². The minimum atomic E-state index is 0.0230. The van der Waals surface area contributed by atoms with Crippen LogP contribution in [-0.4, -0.2) is 73.8 Å². The van der Waals surface area contributed by atoms with Crippen LogP contribution in [0.4, 0.5) is 11.9 Å². The number of nitrogens with two attached hydrogens (primary N) is 1. The summed E-state index contributed by atoms with van der Waals surface area (Å²) in [6.07, 6.45) is 4.50. The number of aliphatic imine (C=N–C) groups is 1. The fraction of sp³-hybridized carbons (Fsp3) is 0.625. The fourth-order valence-corrected chi connectivity index (χ4v) is 3.05. The summed E-state index contributed by atoms with van der Waals surface area (Å²) in [5.41, 5.74) is 5.73. The Hall–Kier alpha value is -2.26. The third-order valence-electron chi connectivity index (χ3n) is 4.53. The van der Waals surface area contributed by atoms with E-state index in [-0.39, 0.29) is 5.92 Å². The van der Waals surface area contributed by atoms with Gasteiger partial charge in [0.15, 0.2) is 0 Å². The Kier molecular flexibility index (Phi) is 4.75. The van der Waals surface area contributed by atoms with Crippen molar-refractivity contribution in [2.24, 2.45) is 10.7 Å². The van der Waals surface area contributed by atoms with Gasteiger partial charge in [-0.15, -0.1) is 0 Å². The van der Waals surface area contributed by atoms with E-state index in [1.165, 1.54) is 0 Å². The zero-order valence-electron chi connectivity index (χ0n) is 14.2. The largest absolute Gasteiger partial charge is 0.384 e. The van der Waals surface area contributed by atoms with Crippen molar-refractivity contribution in [3.63, 3.8) is 0 Å². The van der Waals surface area contributed by atoms with E-state index >= 15 is 0 Å². The van der Waals surface area contributed by atoms with Crippen molar-refractivity contribution < 1.29 is 9.47 Å². The first-order valence-electron chi connectivity index (χ1n) is 8.71. The molecule has 2 saturated heterocycles. The topological polar surface area (TPSA) is 102 Å². The molecule has 3 aliphatic rings. The predicted octanol–water partition coefficient (Wildman–Crippen LogP) is -0.0970. The zero-order valence-corrected chi connectivity index (χ0v) is 14.2. The lowest BCUT2D eigenvalue weighted by molar-refractivity contribution is 0.121. The van der Waals surface area contributed by atoms with E-state index in [0.717, 1.165) is 38.4 Å². The summed E-state index contributed by atoms with van der Waals surface area (Å²) in [6, 6.07) is 0. The molecule has 0 saturated carbocycles. The van der Waals surface area contributed by atoms with Crippen LogP contribution in [0.1, 0.15) is 18.2 Å². The zero-order chi connectivity index (χ0) is 17.1. The van der Waals surface area contributed by atoms with Crippen LogP contribution in [0.2, 0.25) is 0 Å². The number of hydrogen-bond acceptors (Lipinski definition) is 9. The average Bonchev–Trinajstić information content (AvgIpc) is 2.69. The lowest BCUT2D eigenvalue weighted by atomic mass is 10.0. The molecule has 25 heavy (non-hydrogen) atoms. The third-order valence-corrected chi connectivity index (χ3v) is 4.53. The molecule has 2 fully saturated rings. The number of ether oxygens (including phenoxy) is 2. The maximum absolute atomic E-state index is 5.73. The maximum Gasteiger partial charge on any atom is 0.230 e. The molecular weight excluding hydrogens is 322 g/mol. The van der Waals surface area contributed by atoms with Gasteiger partial charge in [0.1, 0.15) is 11.6 Å². The van der Waals surface area contributed by atoms with Gasteiger partial charge in [-0.05, 0) is 12.5 Å². The number of hydrogen-bond donors (Lipinski definition) is 1. The van der Waals surface area contributed by atoms with Crippen LogP contribution in [0.25, 0.3) is 0 Å². The molecule has 0 bridgehead atoms. The number of allylic oxidation sites excluding steroid dienone is 1. The standard InChI is InChI=1S/C16H23N7O2/c17-13-2-1-12(11-18-13)14-19-15(22-3-7-24-8-4-22)21-16(20-14)23-5-9-25-10-6-23/h2,11-12H,1,3-10,17H2. The average molecular weight is 345 g/mol. The molecule has 1 aromatic heterocycles. The van der Waals surface area contributed by atoms with Crippen molar-refractivity contribution in [2.45, 2.75) is 12.3 Å². The number of aromatic nitrogens is 3. The molecule has 4 rings (SSSR count). The number of morpholine rings is 2. The number of anilines is 2. The summed E-state index contributed by atoms with van der Waals surface area (Å²) in [7, 11) is 0. The van der Waals surface area contributed by atoms with Crippen LogP contribution in [0, 0.1) is 0 Å². The molecular formula is C16H23N7O2. The van der Waals surface area contributed by atoms with Crippen molar-refractivity contribution in [1.29, 1.82) is 0 Å². The van der Waals surface area contributed by atoms with Gasteiger partial charge in [-0.1, -0.05) is 0 Å². The second-order valence-electron chi connectivity index (χ2n) is 6.24. The quantitative estimate of drug-likeness (QED) is 0.810. The van der Waals surface area contributed by atoms with Gasteiger partial charge in [-0.2, -0.15) is 15.0 Å². The van der Waals surface area contributed by atoms with E-state index in [1.807, 2.05) is 12.3 Å². The first-order chi connectivity index (χ1) is 12.3. The van der Waals surface area contributed by atoms with E-state index in [2.05, 4.69) is 14.8 Å². The van der Waals surface area contributed by atoms with Gasteiger partial charge in [0.05, 0.1) is 32.3 Å². The highest BCUT2D eigenvalue weighted by Crippen LogP contribution is 2.24. The second-order valence-corrected chi connectivity index (χ2v) is 6.24. The molecule has 1 aromatic rings. The Labute approximate surface area is 146 Å². The van der Waals surface area contributed by atoms with E-state index in [0.29, 0.717) is 44.1 Å². The van der Waals surface area contributed by atoms with Gasteiger partial charge >= 0.3 is 0 Å². The van der Waals surface area contributed by atoms with Crippen LogP contribution in [0.15, 0.2) is 16.9 Å². The molecule has 0 radical (unpaired) electrons. The van der Waals surface area contributed by atoms with Gasteiger partial charge in [-0.3, -0.25) is 0 Å². The minimum absolute atomic E-state index is 0.0230.